The van der Waals surface area contributed by atoms with Crippen LogP contribution in [-0.2, 0) is 4.79 Å². The van der Waals surface area contributed by atoms with E-state index in [0.29, 0.717) is 30.7 Å². The summed E-state index contributed by atoms with van der Waals surface area (Å²) >= 11 is 0. The van der Waals surface area contributed by atoms with E-state index in [9.17, 15) is 4.79 Å². The van der Waals surface area contributed by atoms with Gasteiger partial charge in [-0.15, -0.1) is 0 Å². The van der Waals surface area contributed by atoms with Crippen LogP contribution in [0.3, 0.4) is 0 Å². The van der Waals surface area contributed by atoms with Crippen molar-refractivity contribution in [3.63, 3.8) is 0 Å². The van der Waals surface area contributed by atoms with Crippen LogP contribution in [0.25, 0.3) is 0 Å². The number of nitrogens with zero attached hydrogens (tertiary/aromatic N) is 1. The number of amides is 1. The first-order valence-corrected chi connectivity index (χ1v) is 7.33. The molecule has 0 aromatic rings. The van der Waals surface area contributed by atoms with Crippen molar-refractivity contribution in [2.45, 2.75) is 53.4 Å². The molecule has 0 saturated carbocycles. The van der Waals surface area contributed by atoms with Gasteiger partial charge >= 0.3 is 0 Å². The smallest absolute Gasteiger partial charge is 0.222 e. The molecular weight excluding hydrogens is 224 g/mol. The van der Waals surface area contributed by atoms with Gasteiger partial charge in [-0.1, -0.05) is 27.7 Å². The molecule has 1 fully saturated rings. The van der Waals surface area contributed by atoms with Gasteiger partial charge in [0.05, 0.1) is 0 Å². The highest BCUT2D eigenvalue weighted by molar-refractivity contribution is 5.76. The molecule has 1 unspecified atom stereocenters. The lowest BCUT2D eigenvalue weighted by atomic mass is 9.84. The Morgan fingerprint density at radius 2 is 2.06 bits per heavy atom. The Hall–Kier alpha value is -0.570. The lowest BCUT2D eigenvalue weighted by Crippen LogP contribution is -2.30. The average molecular weight is 254 g/mol. The van der Waals surface area contributed by atoms with Crippen molar-refractivity contribution in [3.8, 4) is 0 Å². The first-order valence-electron chi connectivity index (χ1n) is 7.33. The van der Waals surface area contributed by atoms with E-state index in [2.05, 4.69) is 32.6 Å². The van der Waals surface area contributed by atoms with Crippen LogP contribution in [0.1, 0.15) is 53.4 Å². The van der Waals surface area contributed by atoms with Crippen molar-refractivity contribution < 1.29 is 4.79 Å². The number of rotatable bonds is 6. The van der Waals surface area contributed by atoms with Gasteiger partial charge in [0.15, 0.2) is 0 Å². The molecule has 0 aromatic heterocycles. The maximum Gasteiger partial charge on any atom is 0.222 e. The Bertz CT molecular complexity index is 274. The minimum absolute atomic E-state index is 0.196. The molecule has 0 aliphatic carbocycles. The standard InChI is InChI=1S/C15H30N2O/c1-12(2)13-6-10-17(11-13)14(18)5-7-15(3,4)8-9-16/h12-13H,5-11,16H2,1-4H3. The topological polar surface area (TPSA) is 46.3 Å². The summed E-state index contributed by atoms with van der Waals surface area (Å²) in [5, 5.41) is 0. The second kappa shape index (κ2) is 6.55. The van der Waals surface area contributed by atoms with Crippen LogP contribution in [0, 0.1) is 17.3 Å². The van der Waals surface area contributed by atoms with Crippen molar-refractivity contribution in [2.75, 3.05) is 19.6 Å². The van der Waals surface area contributed by atoms with E-state index in [1.54, 1.807) is 0 Å². The first kappa shape index (κ1) is 15.5. The quantitative estimate of drug-likeness (QED) is 0.792. The Balaban J connectivity index is 2.34. The van der Waals surface area contributed by atoms with Crippen LogP contribution in [0.5, 0.6) is 0 Å². The van der Waals surface area contributed by atoms with E-state index >= 15 is 0 Å². The van der Waals surface area contributed by atoms with Gasteiger partial charge in [-0.05, 0) is 43.1 Å². The molecule has 0 aromatic carbocycles. The number of carbonyl (C=O) groups excluding carboxylic acids is 1. The van der Waals surface area contributed by atoms with E-state index in [1.165, 1.54) is 6.42 Å². The van der Waals surface area contributed by atoms with Crippen molar-refractivity contribution in [3.05, 3.63) is 0 Å². The van der Waals surface area contributed by atoms with Gasteiger partial charge in [-0.3, -0.25) is 4.79 Å². The van der Waals surface area contributed by atoms with E-state index in [1.807, 2.05) is 0 Å². The summed E-state index contributed by atoms with van der Waals surface area (Å²) in [4.78, 5) is 14.2. The molecule has 3 heteroatoms. The molecule has 106 valence electrons. The second-order valence-electron chi connectivity index (χ2n) is 6.84. The fourth-order valence-corrected chi connectivity index (χ4v) is 2.68. The fraction of sp³-hybridized carbons (Fsp3) is 0.933. The van der Waals surface area contributed by atoms with Crippen LogP contribution in [-0.4, -0.2) is 30.4 Å². The predicted octanol–water partition coefficient (Wildman–Crippen LogP) is 2.65. The summed E-state index contributed by atoms with van der Waals surface area (Å²) in [7, 11) is 0. The lowest BCUT2D eigenvalue weighted by Gasteiger charge is -2.25. The summed E-state index contributed by atoms with van der Waals surface area (Å²) in [5.41, 5.74) is 5.80. The third kappa shape index (κ3) is 4.60. The highest BCUT2D eigenvalue weighted by Gasteiger charge is 2.28. The maximum absolute atomic E-state index is 12.2. The Morgan fingerprint density at radius 3 is 2.56 bits per heavy atom. The van der Waals surface area contributed by atoms with E-state index in [0.717, 1.165) is 25.9 Å². The summed E-state index contributed by atoms with van der Waals surface area (Å²) in [6.07, 6.45) is 3.80. The minimum atomic E-state index is 0.196. The second-order valence-corrected chi connectivity index (χ2v) is 6.84. The number of carbonyl (C=O) groups is 1. The molecule has 1 saturated heterocycles. The first-order chi connectivity index (χ1) is 8.35. The normalized spacial score (nSPS) is 20.8. The van der Waals surface area contributed by atoms with E-state index < -0.39 is 0 Å². The van der Waals surface area contributed by atoms with Gasteiger partial charge in [-0.25, -0.2) is 0 Å². The van der Waals surface area contributed by atoms with E-state index in [-0.39, 0.29) is 5.41 Å². The van der Waals surface area contributed by atoms with Crippen LogP contribution < -0.4 is 5.73 Å². The number of likely N-dealkylation sites (tertiary alicyclic amines) is 1. The molecule has 1 rings (SSSR count). The molecule has 0 bridgehead atoms. The highest BCUT2D eigenvalue weighted by Crippen LogP contribution is 2.28. The molecule has 0 radical (unpaired) electrons. The Morgan fingerprint density at radius 1 is 1.39 bits per heavy atom. The minimum Gasteiger partial charge on any atom is -0.342 e. The zero-order valence-corrected chi connectivity index (χ0v) is 12.5. The highest BCUT2D eigenvalue weighted by atomic mass is 16.2. The summed E-state index contributed by atoms with van der Waals surface area (Å²) in [6.45, 7) is 11.5. The Labute approximate surface area is 112 Å². The number of hydrogen-bond acceptors (Lipinski definition) is 2. The van der Waals surface area contributed by atoms with Crippen molar-refractivity contribution in [1.29, 1.82) is 0 Å². The Kier molecular flexibility index (Phi) is 5.64. The average Bonchev–Trinajstić information content (AvgIpc) is 2.75. The van der Waals surface area contributed by atoms with Gasteiger partial charge in [0, 0.05) is 19.5 Å². The molecule has 1 heterocycles. The summed E-state index contributed by atoms with van der Waals surface area (Å²) in [5.74, 6) is 1.73. The molecule has 2 N–H and O–H groups in total. The van der Waals surface area contributed by atoms with Crippen molar-refractivity contribution >= 4 is 5.91 Å². The van der Waals surface area contributed by atoms with Crippen molar-refractivity contribution in [2.24, 2.45) is 23.0 Å². The van der Waals surface area contributed by atoms with Crippen molar-refractivity contribution in [1.82, 2.24) is 4.90 Å². The largest absolute Gasteiger partial charge is 0.342 e. The molecule has 1 aliphatic heterocycles. The molecule has 1 atom stereocenters. The number of hydrogen-bond donors (Lipinski definition) is 1. The zero-order valence-electron chi connectivity index (χ0n) is 12.5. The van der Waals surface area contributed by atoms with Gasteiger partial charge in [0.25, 0.3) is 0 Å². The van der Waals surface area contributed by atoms with Crippen LogP contribution in [0.4, 0.5) is 0 Å². The fourth-order valence-electron chi connectivity index (χ4n) is 2.68. The monoisotopic (exact) mass is 254 g/mol. The molecule has 18 heavy (non-hydrogen) atoms. The molecule has 3 nitrogen and oxygen atoms in total. The summed E-state index contributed by atoms with van der Waals surface area (Å²) < 4.78 is 0. The van der Waals surface area contributed by atoms with Gasteiger partial charge in [-0.2, -0.15) is 0 Å². The maximum atomic E-state index is 12.2. The van der Waals surface area contributed by atoms with Crippen LogP contribution in [0.15, 0.2) is 0 Å². The molecule has 1 amide bonds. The van der Waals surface area contributed by atoms with Gasteiger partial charge < -0.3 is 10.6 Å². The summed E-state index contributed by atoms with van der Waals surface area (Å²) in [6, 6.07) is 0. The van der Waals surface area contributed by atoms with Crippen LogP contribution in [0.2, 0.25) is 0 Å². The lowest BCUT2D eigenvalue weighted by molar-refractivity contribution is -0.130. The zero-order chi connectivity index (χ0) is 13.8. The van der Waals surface area contributed by atoms with Gasteiger partial charge in [0.1, 0.15) is 0 Å². The van der Waals surface area contributed by atoms with Crippen LogP contribution >= 0.6 is 0 Å². The molecule has 0 spiro atoms. The van der Waals surface area contributed by atoms with Gasteiger partial charge in [0.2, 0.25) is 5.91 Å². The third-order valence-electron chi connectivity index (χ3n) is 4.36. The number of nitrogens with two attached hydrogens (primary N) is 1. The molecular formula is C15H30N2O. The predicted molar refractivity (Wildman–Crippen MR) is 76.2 cm³/mol. The SMILES string of the molecule is CC(C)C1CCN(C(=O)CCC(C)(C)CCN)C1. The molecule has 1 aliphatic rings. The third-order valence-corrected chi connectivity index (χ3v) is 4.36. The van der Waals surface area contributed by atoms with E-state index in [4.69, 9.17) is 5.73 Å².